The van der Waals surface area contributed by atoms with E-state index in [0.717, 1.165) is 31.7 Å². The monoisotopic (exact) mass is 262 g/mol. The summed E-state index contributed by atoms with van der Waals surface area (Å²) in [6, 6.07) is 4.42. The van der Waals surface area contributed by atoms with E-state index in [9.17, 15) is 4.79 Å². The molecule has 1 fully saturated rings. The topological polar surface area (TPSA) is 48.5 Å². The summed E-state index contributed by atoms with van der Waals surface area (Å²) >= 11 is 0. The number of rotatable bonds is 5. The van der Waals surface area contributed by atoms with Gasteiger partial charge in [0.05, 0.1) is 6.04 Å². The molecule has 0 saturated carbocycles. The summed E-state index contributed by atoms with van der Waals surface area (Å²) in [5, 5.41) is 3.29. The summed E-state index contributed by atoms with van der Waals surface area (Å²) in [5.74, 6) is -0.0509. The Bertz CT molecular complexity index is 443. The van der Waals surface area contributed by atoms with Crippen LogP contribution < -0.4 is 10.2 Å². The van der Waals surface area contributed by atoms with Gasteiger partial charge in [0.15, 0.2) is 0 Å². The Balaban J connectivity index is 2.22. The molecule has 19 heavy (non-hydrogen) atoms. The number of pyridine rings is 1. The lowest BCUT2D eigenvalue weighted by Gasteiger charge is -2.39. The average Bonchev–Trinajstić information content (AvgIpc) is 2.35. The SMILES string of the molecule is CCCN(c1ccnc(C(=O)N(C)C)c1)C1CNC1. The molecule has 104 valence electrons. The maximum atomic E-state index is 12.0. The van der Waals surface area contributed by atoms with Gasteiger partial charge in [0.25, 0.3) is 5.91 Å². The van der Waals surface area contributed by atoms with Crippen molar-refractivity contribution >= 4 is 11.6 Å². The van der Waals surface area contributed by atoms with Crippen LogP contribution in [0, 0.1) is 0 Å². The second-order valence-corrected chi connectivity index (χ2v) is 5.10. The van der Waals surface area contributed by atoms with Crippen LogP contribution in [0.15, 0.2) is 18.3 Å². The van der Waals surface area contributed by atoms with Crippen molar-refractivity contribution in [2.75, 3.05) is 38.6 Å². The van der Waals surface area contributed by atoms with E-state index >= 15 is 0 Å². The Morgan fingerprint density at radius 1 is 1.47 bits per heavy atom. The Morgan fingerprint density at radius 2 is 2.21 bits per heavy atom. The highest BCUT2D eigenvalue weighted by molar-refractivity contribution is 5.92. The van der Waals surface area contributed by atoms with Crippen LogP contribution in [0.3, 0.4) is 0 Å². The van der Waals surface area contributed by atoms with Gasteiger partial charge in [-0.25, -0.2) is 0 Å². The Hall–Kier alpha value is -1.62. The molecule has 1 N–H and O–H groups in total. The molecule has 1 saturated heterocycles. The number of nitrogens with zero attached hydrogens (tertiary/aromatic N) is 3. The van der Waals surface area contributed by atoms with E-state index in [-0.39, 0.29) is 5.91 Å². The minimum absolute atomic E-state index is 0.0509. The predicted octanol–water partition coefficient (Wildman–Crippen LogP) is 0.972. The molecule has 0 spiro atoms. The lowest BCUT2D eigenvalue weighted by Crippen LogP contribution is -2.57. The van der Waals surface area contributed by atoms with Gasteiger partial charge in [0.2, 0.25) is 0 Å². The highest BCUT2D eigenvalue weighted by atomic mass is 16.2. The Kier molecular flexibility index (Phi) is 4.37. The third-order valence-corrected chi connectivity index (χ3v) is 3.37. The number of nitrogens with one attached hydrogen (secondary N) is 1. The van der Waals surface area contributed by atoms with Gasteiger partial charge in [-0.2, -0.15) is 0 Å². The van der Waals surface area contributed by atoms with Crippen molar-refractivity contribution in [1.82, 2.24) is 15.2 Å². The normalized spacial score (nSPS) is 14.9. The fraction of sp³-hybridized carbons (Fsp3) is 0.571. The van der Waals surface area contributed by atoms with Crippen LogP contribution in [0.1, 0.15) is 23.8 Å². The van der Waals surface area contributed by atoms with Gasteiger partial charge in [0.1, 0.15) is 5.69 Å². The molecule has 0 bridgehead atoms. The molecule has 0 radical (unpaired) electrons. The molecule has 0 aromatic carbocycles. The average molecular weight is 262 g/mol. The van der Waals surface area contributed by atoms with Crippen LogP contribution in [-0.2, 0) is 0 Å². The second kappa shape index (κ2) is 6.02. The van der Waals surface area contributed by atoms with Crippen molar-refractivity contribution in [1.29, 1.82) is 0 Å². The third kappa shape index (κ3) is 3.04. The molecule has 2 rings (SSSR count). The van der Waals surface area contributed by atoms with Gasteiger partial charge in [-0.05, 0) is 18.6 Å². The lowest BCUT2D eigenvalue weighted by atomic mass is 10.1. The first-order valence-corrected chi connectivity index (χ1v) is 6.78. The molecule has 1 amide bonds. The zero-order chi connectivity index (χ0) is 13.8. The molecule has 1 aliphatic rings. The van der Waals surface area contributed by atoms with Crippen LogP contribution in [0.4, 0.5) is 5.69 Å². The number of hydrogen-bond acceptors (Lipinski definition) is 4. The fourth-order valence-electron chi connectivity index (χ4n) is 2.20. The number of amides is 1. The Morgan fingerprint density at radius 3 is 2.74 bits per heavy atom. The van der Waals surface area contributed by atoms with Gasteiger partial charge < -0.3 is 15.1 Å². The van der Waals surface area contributed by atoms with E-state index in [0.29, 0.717) is 11.7 Å². The molecule has 5 heteroatoms. The van der Waals surface area contributed by atoms with E-state index in [1.165, 1.54) is 0 Å². The zero-order valence-electron chi connectivity index (χ0n) is 11.9. The summed E-state index contributed by atoms with van der Waals surface area (Å²) in [6.07, 6.45) is 2.82. The van der Waals surface area contributed by atoms with Crippen LogP contribution in [0.2, 0.25) is 0 Å². The van der Waals surface area contributed by atoms with E-state index in [2.05, 4.69) is 22.1 Å². The minimum atomic E-state index is -0.0509. The van der Waals surface area contributed by atoms with Gasteiger partial charge in [0, 0.05) is 45.6 Å². The molecule has 0 atom stereocenters. The van der Waals surface area contributed by atoms with Crippen molar-refractivity contribution in [3.8, 4) is 0 Å². The van der Waals surface area contributed by atoms with Crippen molar-refractivity contribution in [3.63, 3.8) is 0 Å². The van der Waals surface area contributed by atoms with E-state index in [1.807, 2.05) is 12.1 Å². The van der Waals surface area contributed by atoms with Crippen LogP contribution in [0.5, 0.6) is 0 Å². The highest BCUT2D eigenvalue weighted by Gasteiger charge is 2.24. The fourth-order valence-corrected chi connectivity index (χ4v) is 2.20. The number of anilines is 1. The molecular weight excluding hydrogens is 240 g/mol. The quantitative estimate of drug-likeness (QED) is 0.859. The number of carbonyl (C=O) groups excluding carboxylic acids is 1. The van der Waals surface area contributed by atoms with Gasteiger partial charge in [-0.3, -0.25) is 9.78 Å². The van der Waals surface area contributed by atoms with E-state index < -0.39 is 0 Å². The summed E-state index contributed by atoms with van der Waals surface area (Å²) < 4.78 is 0. The molecule has 0 unspecified atom stereocenters. The summed E-state index contributed by atoms with van der Waals surface area (Å²) in [5.41, 5.74) is 1.60. The van der Waals surface area contributed by atoms with Crippen LogP contribution in [-0.4, -0.2) is 55.6 Å². The predicted molar refractivity (Wildman–Crippen MR) is 76.5 cm³/mol. The minimum Gasteiger partial charge on any atom is -0.366 e. The maximum Gasteiger partial charge on any atom is 0.272 e. The van der Waals surface area contributed by atoms with Gasteiger partial charge in [-0.1, -0.05) is 6.92 Å². The number of aromatic nitrogens is 1. The first-order valence-electron chi connectivity index (χ1n) is 6.78. The lowest BCUT2D eigenvalue weighted by molar-refractivity contribution is 0.0822. The zero-order valence-corrected chi connectivity index (χ0v) is 11.9. The number of carbonyl (C=O) groups is 1. The molecule has 1 aromatic rings. The van der Waals surface area contributed by atoms with Crippen LogP contribution in [0.25, 0.3) is 0 Å². The Labute approximate surface area is 114 Å². The third-order valence-electron chi connectivity index (χ3n) is 3.37. The molecule has 1 aliphatic heterocycles. The molecule has 2 heterocycles. The van der Waals surface area contributed by atoms with E-state index in [1.54, 1.807) is 25.2 Å². The van der Waals surface area contributed by atoms with Gasteiger partial charge >= 0.3 is 0 Å². The first kappa shape index (κ1) is 13.8. The van der Waals surface area contributed by atoms with Crippen molar-refractivity contribution in [3.05, 3.63) is 24.0 Å². The molecular formula is C14H22N4O. The van der Waals surface area contributed by atoms with Crippen LogP contribution >= 0.6 is 0 Å². The molecule has 5 nitrogen and oxygen atoms in total. The van der Waals surface area contributed by atoms with Crippen molar-refractivity contribution in [2.45, 2.75) is 19.4 Å². The summed E-state index contributed by atoms with van der Waals surface area (Å²) in [6.45, 7) is 5.21. The van der Waals surface area contributed by atoms with Crippen molar-refractivity contribution in [2.24, 2.45) is 0 Å². The molecule has 1 aromatic heterocycles. The first-order chi connectivity index (χ1) is 9.13. The number of hydrogen-bond donors (Lipinski definition) is 1. The van der Waals surface area contributed by atoms with Gasteiger partial charge in [-0.15, -0.1) is 0 Å². The standard InChI is InChI=1S/C14H22N4O/c1-4-7-18(12-9-15-10-12)11-5-6-16-13(8-11)14(19)17(2)3/h5-6,8,12,15H,4,7,9-10H2,1-3H3. The largest absolute Gasteiger partial charge is 0.366 e. The van der Waals surface area contributed by atoms with E-state index in [4.69, 9.17) is 0 Å². The second-order valence-electron chi connectivity index (χ2n) is 5.10. The van der Waals surface area contributed by atoms with Crippen molar-refractivity contribution < 1.29 is 4.79 Å². The summed E-state index contributed by atoms with van der Waals surface area (Å²) in [4.78, 5) is 20.1. The maximum absolute atomic E-state index is 12.0. The smallest absolute Gasteiger partial charge is 0.272 e. The highest BCUT2D eigenvalue weighted by Crippen LogP contribution is 2.20. The molecule has 0 aliphatic carbocycles. The summed E-state index contributed by atoms with van der Waals surface area (Å²) in [7, 11) is 3.49.